The number of benzene rings is 3. The average molecular weight is 1080 g/mol. The first-order chi connectivity index (χ1) is 37.4. The summed E-state index contributed by atoms with van der Waals surface area (Å²) in [4.78, 5) is 5.96. The van der Waals surface area contributed by atoms with E-state index in [-0.39, 0.29) is 56.1 Å². The Bertz CT molecular complexity index is 3550. The Morgan fingerprint density at radius 1 is 0.662 bits per heavy atom. The van der Waals surface area contributed by atoms with Crippen LogP contribution in [0, 0.1) is 44.8 Å². The van der Waals surface area contributed by atoms with Gasteiger partial charge in [-0.2, -0.15) is 0 Å². The zero-order chi connectivity index (χ0) is 56.8. The predicted molar refractivity (Wildman–Crippen MR) is 348 cm³/mol. The lowest BCUT2D eigenvalue weighted by Gasteiger charge is -2.56. The lowest BCUT2D eigenvalue weighted by molar-refractivity contribution is 0.0326. The van der Waals surface area contributed by atoms with E-state index in [1.165, 1.54) is 104 Å². The van der Waals surface area contributed by atoms with Crippen molar-refractivity contribution in [3.63, 3.8) is 0 Å². The Hall–Kier alpha value is -4.80. The van der Waals surface area contributed by atoms with Crippen molar-refractivity contribution < 1.29 is 0 Å². The highest BCUT2D eigenvalue weighted by Gasteiger charge is 2.57. The molecule has 0 N–H and O–H groups in total. The number of allylic oxidation sites excluding steroid dienone is 12. The van der Waals surface area contributed by atoms with Crippen LogP contribution >= 0.6 is 11.3 Å². The number of hydrogen-bond acceptors (Lipinski definition) is 3. The minimum atomic E-state index is -0.0547. The summed E-state index contributed by atoms with van der Waals surface area (Å²) >= 11 is 2.14. The van der Waals surface area contributed by atoms with E-state index in [2.05, 4.69) is 249 Å². The number of nitrogens with zero attached hydrogens (tertiary/aromatic N) is 2. The van der Waals surface area contributed by atoms with Gasteiger partial charge in [0.05, 0.1) is 16.7 Å². The van der Waals surface area contributed by atoms with Gasteiger partial charge in [0.25, 0.3) is 0 Å². The van der Waals surface area contributed by atoms with Gasteiger partial charge in [-0.25, -0.2) is 0 Å². The van der Waals surface area contributed by atoms with Crippen LogP contribution in [-0.2, 0) is 16.2 Å². The van der Waals surface area contributed by atoms with Gasteiger partial charge in [0.15, 0.2) is 0 Å². The first kappa shape index (κ1) is 54.5. The van der Waals surface area contributed by atoms with Crippen LogP contribution in [0.4, 0.5) is 10.7 Å². The lowest BCUT2D eigenvalue weighted by Crippen LogP contribution is -2.59. The Morgan fingerprint density at radius 2 is 1.31 bits per heavy atom. The Morgan fingerprint density at radius 3 is 1.98 bits per heavy atom. The second-order valence-corrected chi connectivity index (χ2v) is 33.9. The van der Waals surface area contributed by atoms with Crippen LogP contribution in [0.15, 0.2) is 142 Å². The van der Waals surface area contributed by atoms with Crippen molar-refractivity contribution in [3.05, 3.63) is 165 Å². The molecule has 2 nitrogen and oxygen atoms in total. The van der Waals surface area contributed by atoms with Crippen molar-refractivity contribution in [1.29, 1.82) is 0 Å². The third-order valence-electron chi connectivity index (χ3n) is 22.9. The smallest absolute Gasteiger partial charge is 0.248 e. The zero-order valence-electron chi connectivity index (χ0n) is 52.6. The van der Waals surface area contributed by atoms with Gasteiger partial charge < -0.3 is 9.80 Å². The molecule has 1 aromatic heterocycles. The summed E-state index contributed by atoms with van der Waals surface area (Å²) in [5.74, 6) is 1.39. The summed E-state index contributed by atoms with van der Waals surface area (Å²) in [6.07, 6.45) is 32.5. The summed E-state index contributed by atoms with van der Waals surface area (Å²) in [5, 5.41) is 3.00. The van der Waals surface area contributed by atoms with Gasteiger partial charge in [0.2, 0.25) is 6.71 Å². The standard InChI is InChI=1S/C76H95BN2S/c1-69(2,3)48-37-51(46-25-21-19-22-26-46)67(52(38-48)47-27-23-20-24-28-47)79-61-44-58-57(74(13,14)34-35-75(58,15)16)43-60(61)77-65-53-42-56-59(76(17,18)36-33-73(56,11)12)45-64(53)80-68(65)78(62-39-49(70(4,5)6)40-63(79)66(62)77)50-29-30-54-55(41-50)72(9,10)32-31-71(54,7)8/h19-23,25-27,29-30,37-38,40-43,45,54-55,58,62H,24,28,31-36,39,44H2,1-18H3. The van der Waals surface area contributed by atoms with Gasteiger partial charge in [-0.1, -0.05) is 203 Å². The highest BCUT2D eigenvalue weighted by atomic mass is 32.1. The minimum absolute atomic E-state index is 0.0534. The van der Waals surface area contributed by atoms with Crippen molar-refractivity contribution in [1.82, 2.24) is 0 Å². The van der Waals surface area contributed by atoms with Gasteiger partial charge in [-0.3, -0.25) is 0 Å². The fraction of sp³-hybridized carbons (Fsp3) is 0.526. The number of anilines is 2. The van der Waals surface area contributed by atoms with E-state index in [0.29, 0.717) is 17.8 Å². The quantitative estimate of drug-likeness (QED) is 0.188. The molecule has 4 unspecified atom stereocenters. The molecule has 418 valence electrons. The fourth-order valence-corrected chi connectivity index (χ4v) is 18.4. The number of rotatable bonds is 4. The third-order valence-corrected chi connectivity index (χ3v) is 24.0. The average Bonchev–Trinajstić information content (AvgIpc) is 3.94. The first-order valence-electron chi connectivity index (χ1n) is 31.5. The van der Waals surface area contributed by atoms with Gasteiger partial charge >= 0.3 is 0 Å². The van der Waals surface area contributed by atoms with Crippen molar-refractivity contribution in [2.24, 2.45) is 44.8 Å². The second-order valence-electron chi connectivity index (χ2n) is 32.9. The zero-order valence-corrected chi connectivity index (χ0v) is 53.4. The van der Waals surface area contributed by atoms with Crippen LogP contribution in [0.2, 0.25) is 0 Å². The van der Waals surface area contributed by atoms with Crippen molar-refractivity contribution in [2.45, 2.75) is 211 Å². The molecular formula is C76H95BN2S. The topological polar surface area (TPSA) is 6.48 Å². The molecule has 7 aliphatic carbocycles. The Labute approximate surface area is 488 Å². The van der Waals surface area contributed by atoms with Crippen molar-refractivity contribution >= 4 is 49.9 Å². The van der Waals surface area contributed by atoms with Crippen LogP contribution in [0.25, 0.3) is 26.8 Å². The molecule has 0 amide bonds. The molecule has 3 heterocycles. The van der Waals surface area contributed by atoms with Gasteiger partial charge in [0, 0.05) is 32.9 Å². The second kappa shape index (κ2) is 17.9. The molecule has 0 bridgehead atoms. The molecule has 2 saturated carbocycles. The number of fused-ring (bicyclic) bond motifs is 8. The highest BCUT2D eigenvalue weighted by molar-refractivity contribution is 7.25. The van der Waals surface area contributed by atoms with E-state index in [9.17, 15) is 0 Å². The molecule has 0 saturated heterocycles. The maximum atomic E-state index is 2.98. The van der Waals surface area contributed by atoms with Gasteiger partial charge in [-0.05, 0) is 211 Å². The molecule has 13 rings (SSSR count). The highest BCUT2D eigenvalue weighted by Crippen LogP contribution is 2.63. The molecule has 2 aliphatic heterocycles. The summed E-state index contributed by atoms with van der Waals surface area (Å²) in [7, 11) is 0. The molecule has 4 atom stereocenters. The monoisotopic (exact) mass is 1080 g/mol. The maximum Gasteiger partial charge on any atom is 0.248 e. The first-order valence-corrected chi connectivity index (χ1v) is 32.3. The van der Waals surface area contributed by atoms with Crippen LogP contribution in [-0.4, -0.2) is 12.8 Å². The fourth-order valence-electron chi connectivity index (χ4n) is 17.1. The van der Waals surface area contributed by atoms with Crippen LogP contribution in [0.5, 0.6) is 0 Å². The molecule has 3 aromatic carbocycles. The molecule has 2 fully saturated rings. The largest absolute Gasteiger partial charge is 0.327 e. The summed E-state index contributed by atoms with van der Waals surface area (Å²) in [6, 6.07) is 22.4. The van der Waals surface area contributed by atoms with Gasteiger partial charge in [0.1, 0.15) is 0 Å². The number of thiophene rings is 1. The van der Waals surface area contributed by atoms with Crippen LogP contribution in [0.3, 0.4) is 0 Å². The molecule has 80 heavy (non-hydrogen) atoms. The van der Waals surface area contributed by atoms with Gasteiger partial charge in [-0.15, -0.1) is 11.3 Å². The minimum Gasteiger partial charge on any atom is -0.327 e. The van der Waals surface area contributed by atoms with E-state index in [4.69, 9.17) is 0 Å². The van der Waals surface area contributed by atoms with E-state index in [1.807, 2.05) is 0 Å². The Balaban J connectivity index is 1.20. The van der Waals surface area contributed by atoms with Crippen molar-refractivity contribution in [3.8, 4) is 11.1 Å². The maximum absolute atomic E-state index is 2.98. The summed E-state index contributed by atoms with van der Waals surface area (Å²) < 4.78 is 1.47. The molecule has 0 radical (unpaired) electrons. The molecule has 0 spiro atoms. The Kier molecular flexibility index (Phi) is 12.2. The van der Waals surface area contributed by atoms with E-state index >= 15 is 0 Å². The lowest BCUT2D eigenvalue weighted by atomic mass is 9.30. The van der Waals surface area contributed by atoms with Crippen LogP contribution < -0.4 is 15.3 Å². The van der Waals surface area contributed by atoms with Crippen LogP contribution in [0.1, 0.15) is 211 Å². The van der Waals surface area contributed by atoms with E-state index in [0.717, 1.165) is 25.7 Å². The molecule has 4 aromatic rings. The molecule has 4 heteroatoms. The normalized spacial score (nSPS) is 27.5. The van der Waals surface area contributed by atoms with E-state index < -0.39 is 0 Å². The predicted octanol–water partition coefficient (Wildman–Crippen LogP) is 20.6. The molecular weight excluding hydrogens is 984 g/mol. The summed E-state index contributed by atoms with van der Waals surface area (Å²) in [6.45, 7) is 45.7. The summed E-state index contributed by atoms with van der Waals surface area (Å²) in [5.41, 5.74) is 24.6. The SMILES string of the molecule is CC(C)(C)C1=CC2=C3B(C4=C(CC5C(=C4)C(C)(C)CCC5(C)C)N2c2c(C4=CC=CCC4)cc(C(C)(C)C)cc2-c2ccccc2)c2c(sc4cc5c(cc24)C(C)(C)CCC5(C)C)N(C2=CC4C(C=C2)C(C)(C)CCC4(C)C)C3C1. The van der Waals surface area contributed by atoms with E-state index in [1.54, 1.807) is 38.7 Å². The number of hydrogen-bond donors (Lipinski definition) is 0. The molecule has 9 aliphatic rings. The third kappa shape index (κ3) is 8.40. The van der Waals surface area contributed by atoms with Crippen molar-refractivity contribution in [2.75, 3.05) is 9.80 Å².